The van der Waals surface area contributed by atoms with Crippen molar-refractivity contribution in [2.75, 3.05) is 29.5 Å². The Morgan fingerprint density at radius 2 is 1.66 bits per heavy atom. The molecule has 1 amide bonds. The molecular weight excluding hydrogens is 409 g/mol. The second-order valence-electron chi connectivity index (χ2n) is 6.26. The summed E-state index contributed by atoms with van der Waals surface area (Å²) < 4.78 is 68.0. The third-order valence-corrected chi connectivity index (χ3v) is 5.22. The van der Waals surface area contributed by atoms with Gasteiger partial charge in [0.1, 0.15) is 5.75 Å². The maximum atomic E-state index is 12.6. The van der Waals surface area contributed by atoms with E-state index in [-0.39, 0.29) is 25.1 Å². The van der Waals surface area contributed by atoms with Gasteiger partial charge in [0.05, 0.1) is 24.6 Å². The van der Waals surface area contributed by atoms with E-state index in [4.69, 9.17) is 4.74 Å². The molecule has 1 N–H and O–H groups in total. The van der Waals surface area contributed by atoms with Crippen molar-refractivity contribution >= 4 is 27.3 Å². The summed E-state index contributed by atoms with van der Waals surface area (Å²) >= 11 is 0. The fourth-order valence-electron chi connectivity index (χ4n) is 2.58. The highest BCUT2D eigenvalue weighted by molar-refractivity contribution is 7.92. The summed E-state index contributed by atoms with van der Waals surface area (Å²) in [4.78, 5) is 12.0. The number of amides is 1. The van der Waals surface area contributed by atoms with Gasteiger partial charge in [-0.2, -0.15) is 13.2 Å². The topological polar surface area (TPSA) is 75.7 Å². The van der Waals surface area contributed by atoms with Crippen LogP contribution in [0.5, 0.6) is 5.75 Å². The third-order valence-electron chi connectivity index (χ3n) is 4.02. The Hall–Kier alpha value is -2.75. The fourth-order valence-corrected chi connectivity index (χ4v) is 3.55. The van der Waals surface area contributed by atoms with Crippen molar-refractivity contribution in [1.29, 1.82) is 0 Å². The number of nitrogens with one attached hydrogen (secondary N) is 1. The molecule has 29 heavy (non-hydrogen) atoms. The van der Waals surface area contributed by atoms with Gasteiger partial charge in [-0.15, -0.1) is 0 Å². The number of nitrogens with zero attached hydrogens (tertiary/aromatic N) is 1. The highest BCUT2D eigenvalue weighted by Crippen LogP contribution is 2.29. The molecule has 0 spiro atoms. The predicted molar refractivity (Wildman–Crippen MR) is 104 cm³/mol. The lowest BCUT2D eigenvalue weighted by molar-refractivity contribution is -0.137. The number of carbonyl (C=O) groups excluding carboxylic acids is 1. The van der Waals surface area contributed by atoms with Crippen LogP contribution in [0.2, 0.25) is 0 Å². The minimum absolute atomic E-state index is 0.00317. The van der Waals surface area contributed by atoms with Crippen LogP contribution in [0.4, 0.5) is 24.5 Å². The molecule has 0 heterocycles. The molecule has 0 saturated carbocycles. The van der Waals surface area contributed by atoms with E-state index in [1.807, 2.05) is 0 Å². The number of rotatable bonds is 8. The second kappa shape index (κ2) is 9.17. The van der Waals surface area contributed by atoms with Gasteiger partial charge in [0.25, 0.3) is 0 Å². The number of carbonyl (C=O) groups is 1. The average molecular weight is 430 g/mol. The van der Waals surface area contributed by atoms with Gasteiger partial charge in [0.2, 0.25) is 15.9 Å². The molecule has 2 rings (SSSR count). The molecule has 0 saturated heterocycles. The Balaban J connectivity index is 1.94. The minimum atomic E-state index is -4.45. The molecule has 2 aromatic rings. The number of benzene rings is 2. The van der Waals surface area contributed by atoms with E-state index in [1.165, 1.54) is 23.5 Å². The van der Waals surface area contributed by atoms with Gasteiger partial charge in [-0.05, 0) is 55.0 Å². The number of anilines is 2. The van der Waals surface area contributed by atoms with Gasteiger partial charge in [0.15, 0.2) is 0 Å². The molecule has 0 fully saturated rings. The smallest absolute Gasteiger partial charge is 0.416 e. The zero-order valence-electron chi connectivity index (χ0n) is 15.9. The molecule has 0 aliphatic heterocycles. The summed E-state index contributed by atoms with van der Waals surface area (Å²) in [7, 11) is -2.06. The predicted octanol–water partition coefficient (Wildman–Crippen LogP) is 3.90. The lowest BCUT2D eigenvalue weighted by atomic mass is 10.2. The molecule has 0 bridgehead atoms. The number of ether oxygens (including phenoxy) is 1. The van der Waals surface area contributed by atoms with Gasteiger partial charge < -0.3 is 10.1 Å². The molecule has 158 valence electrons. The van der Waals surface area contributed by atoms with Gasteiger partial charge in [0, 0.05) is 18.7 Å². The van der Waals surface area contributed by atoms with Crippen LogP contribution in [-0.2, 0) is 21.0 Å². The second-order valence-corrected chi connectivity index (χ2v) is 8.17. The normalized spacial score (nSPS) is 11.8. The lowest BCUT2D eigenvalue weighted by Crippen LogP contribution is -2.31. The van der Waals surface area contributed by atoms with E-state index >= 15 is 0 Å². The molecule has 6 nitrogen and oxygen atoms in total. The number of sulfonamides is 1. The van der Waals surface area contributed by atoms with Crippen LogP contribution in [0.1, 0.15) is 18.4 Å². The zero-order chi connectivity index (χ0) is 21.7. The third kappa shape index (κ3) is 6.67. The lowest BCUT2D eigenvalue weighted by Gasteiger charge is -2.22. The first-order valence-electron chi connectivity index (χ1n) is 8.59. The average Bonchev–Trinajstić information content (AvgIpc) is 2.64. The van der Waals surface area contributed by atoms with E-state index in [0.29, 0.717) is 11.4 Å². The molecular formula is C19H21F3N2O4S. The van der Waals surface area contributed by atoms with Gasteiger partial charge >= 0.3 is 6.18 Å². The highest BCUT2D eigenvalue weighted by Gasteiger charge is 2.30. The van der Waals surface area contributed by atoms with Gasteiger partial charge in [-0.1, -0.05) is 0 Å². The van der Waals surface area contributed by atoms with Gasteiger partial charge in [-0.25, -0.2) is 8.42 Å². The number of hydrogen-bond acceptors (Lipinski definition) is 4. The molecule has 0 radical (unpaired) electrons. The van der Waals surface area contributed by atoms with Crippen LogP contribution < -0.4 is 14.4 Å². The number of methoxy groups -OCH3 is 1. The van der Waals surface area contributed by atoms with E-state index in [1.54, 1.807) is 24.3 Å². The monoisotopic (exact) mass is 430 g/mol. The molecule has 0 aliphatic rings. The van der Waals surface area contributed by atoms with Crippen molar-refractivity contribution in [3.05, 3.63) is 54.1 Å². The fraction of sp³-hybridized carbons (Fsp3) is 0.316. The van der Waals surface area contributed by atoms with Crippen molar-refractivity contribution in [3.63, 3.8) is 0 Å². The standard InChI is InChI=1S/C19H21F3N2O4S/c1-28-17-11-9-16(10-12-17)24(29(2,26)27)13-3-4-18(25)23-15-7-5-14(6-8-15)19(20,21)22/h5-12H,3-4,13H2,1-2H3,(H,23,25). The summed E-state index contributed by atoms with van der Waals surface area (Å²) in [5.41, 5.74) is -0.131. The van der Waals surface area contributed by atoms with Crippen molar-refractivity contribution in [1.82, 2.24) is 0 Å². The quantitative estimate of drug-likeness (QED) is 0.689. The summed E-state index contributed by atoms with van der Waals surface area (Å²) in [6.45, 7) is 0.0750. The summed E-state index contributed by atoms with van der Waals surface area (Å²) in [5.74, 6) is 0.158. The van der Waals surface area contributed by atoms with Crippen molar-refractivity contribution < 1.29 is 31.1 Å². The van der Waals surface area contributed by atoms with Crippen LogP contribution in [0.15, 0.2) is 48.5 Å². The maximum Gasteiger partial charge on any atom is 0.416 e. The van der Waals surface area contributed by atoms with Gasteiger partial charge in [-0.3, -0.25) is 9.10 Å². The first-order valence-corrected chi connectivity index (χ1v) is 10.4. The molecule has 2 aromatic carbocycles. The Morgan fingerprint density at radius 3 is 2.14 bits per heavy atom. The van der Waals surface area contributed by atoms with E-state index < -0.39 is 27.7 Å². The van der Waals surface area contributed by atoms with E-state index in [9.17, 15) is 26.4 Å². The summed E-state index contributed by atoms with van der Waals surface area (Å²) in [6, 6.07) is 10.6. The van der Waals surface area contributed by atoms with Crippen LogP contribution in [-0.4, -0.2) is 34.2 Å². The largest absolute Gasteiger partial charge is 0.497 e. The molecule has 0 aromatic heterocycles. The highest BCUT2D eigenvalue weighted by atomic mass is 32.2. The van der Waals surface area contributed by atoms with Crippen molar-refractivity contribution in [3.8, 4) is 5.75 Å². The first kappa shape index (κ1) is 22.5. The van der Waals surface area contributed by atoms with Crippen molar-refractivity contribution in [2.45, 2.75) is 19.0 Å². The van der Waals surface area contributed by atoms with Crippen LogP contribution in [0.3, 0.4) is 0 Å². The van der Waals surface area contributed by atoms with E-state index in [0.717, 1.165) is 18.4 Å². The molecule has 10 heteroatoms. The maximum absolute atomic E-state index is 12.6. The number of alkyl halides is 3. The molecule has 0 unspecified atom stereocenters. The Bertz CT molecular complexity index is 927. The molecule has 0 atom stereocenters. The zero-order valence-corrected chi connectivity index (χ0v) is 16.7. The van der Waals surface area contributed by atoms with Crippen LogP contribution in [0.25, 0.3) is 0 Å². The van der Waals surface area contributed by atoms with Crippen molar-refractivity contribution in [2.24, 2.45) is 0 Å². The van der Waals surface area contributed by atoms with Crippen LogP contribution in [0, 0.1) is 0 Å². The Labute approximate surface area is 167 Å². The van der Waals surface area contributed by atoms with Crippen LogP contribution >= 0.6 is 0 Å². The Kier molecular flexibility index (Phi) is 7.12. The number of halogens is 3. The summed E-state index contributed by atoms with van der Waals surface area (Å²) in [5, 5.41) is 2.50. The number of hydrogen-bond donors (Lipinski definition) is 1. The minimum Gasteiger partial charge on any atom is -0.497 e. The summed E-state index contributed by atoms with van der Waals surface area (Å²) in [6.07, 6.45) is -3.15. The Morgan fingerprint density at radius 1 is 1.07 bits per heavy atom. The first-order chi connectivity index (χ1) is 13.5. The van der Waals surface area contributed by atoms with E-state index in [2.05, 4.69) is 5.32 Å². The SMILES string of the molecule is COc1ccc(N(CCCC(=O)Nc2ccc(C(F)(F)F)cc2)S(C)(=O)=O)cc1. The molecule has 0 aliphatic carbocycles.